The van der Waals surface area contributed by atoms with Crippen molar-refractivity contribution in [1.29, 1.82) is 5.41 Å². The first-order valence-electron chi connectivity index (χ1n) is 12.7. The van der Waals surface area contributed by atoms with Crippen molar-refractivity contribution < 1.29 is 22.8 Å². The van der Waals surface area contributed by atoms with Crippen molar-refractivity contribution in [2.45, 2.75) is 58.1 Å². The molecule has 5 atom stereocenters. The maximum absolute atomic E-state index is 13.4. The molecule has 0 radical (unpaired) electrons. The molecule has 0 saturated carbocycles. The van der Waals surface area contributed by atoms with Gasteiger partial charge < -0.3 is 21.4 Å². The van der Waals surface area contributed by atoms with Crippen molar-refractivity contribution >= 4 is 35.3 Å². The van der Waals surface area contributed by atoms with Crippen molar-refractivity contribution in [3.05, 3.63) is 60.1 Å². The Kier molecular flexibility index (Phi) is 9.31. The Morgan fingerprint density at radius 1 is 1.21 bits per heavy atom. The summed E-state index contributed by atoms with van der Waals surface area (Å²) in [5.41, 5.74) is -1.57. The Bertz CT molecular complexity index is 1170. The number of allylic oxidation sites excluding steroid dienone is 3. The topological polar surface area (TPSA) is 107 Å². The van der Waals surface area contributed by atoms with E-state index in [1.54, 1.807) is 31.2 Å². The number of pyridine rings is 1. The van der Waals surface area contributed by atoms with E-state index in [0.29, 0.717) is 25.1 Å². The van der Waals surface area contributed by atoms with E-state index in [0.717, 1.165) is 18.5 Å². The lowest BCUT2D eigenvalue weighted by molar-refractivity contribution is -0.137. The van der Waals surface area contributed by atoms with Gasteiger partial charge in [0.1, 0.15) is 0 Å². The maximum atomic E-state index is 13.4. The number of amides is 2. The minimum Gasteiger partial charge on any atom is -0.357 e. The second-order valence-corrected chi connectivity index (χ2v) is 11.9. The Morgan fingerprint density at radius 2 is 1.92 bits per heavy atom. The van der Waals surface area contributed by atoms with Gasteiger partial charge in [-0.05, 0) is 36.8 Å². The summed E-state index contributed by atoms with van der Waals surface area (Å²) < 4.78 is 39.4. The Morgan fingerprint density at radius 3 is 2.56 bits per heavy atom. The molecule has 0 fully saturated rings. The summed E-state index contributed by atoms with van der Waals surface area (Å²) >= 11 is 6.48. The minimum atomic E-state index is -4.55. The molecule has 0 aromatic carbocycles. The smallest absolute Gasteiger partial charge is 0.357 e. The first-order chi connectivity index (χ1) is 18.1. The van der Waals surface area contributed by atoms with Gasteiger partial charge in [0.15, 0.2) is 0 Å². The van der Waals surface area contributed by atoms with Crippen LogP contribution in [0.15, 0.2) is 54.5 Å². The predicted molar refractivity (Wildman–Crippen MR) is 146 cm³/mol. The lowest BCUT2D eigenvalue weighted by Gasteiger charge is -2.39. The van der Waals surface area contributed by atoms with Crippen LogP contribution in [-0.2, 0) is 15.8 Å². The van der Waals surface area contributed by atoms with Crippen LogP contribution >= 0.6 is 11.6 Å². The van der Waals surface area contributed by atoms with Gasteiger partial charge >= 0.3 is 6.18 Å². The van der Waals surface area contributed by atoms with Crippen LogP contribution in [0.2, 0.25) is 0 Å². The fourth-order valence-corrected chi connectivity index (χ4v) is 4.86. The average molecular weight is 566 g/mol. The molecule has 39 heavy (non-hydrogen) atoms. The number of rotatable bonds is 8. The number of anilines is 1. The molecule has 4 N–H and O–H groups in total. The van der Waals surface area contributed by atoms with Crippen molar-refractivity contribution in [2.24, 2.45) is 22.7 Å². The van der Waals surface area contributed by atoms with E-state index >= 15 is 0 Å². The zero-order valence-electron chi connectivity index (χ0n) is 22.4. The van der Waals surface area contributed by atoms with Crippen LogP contribution in [-0.4, -0.2) is 41.0 Å². The summed E-state index contributed by atoms with van der Waals surface area (Å²) in [6, 6.07) is 0.283. The lowest BCUT2D eigenvalue weighted by atomic mass is 9.76. The third kappa shape index (κ3) is 7.94. The molecule has 2 aliphatic rings. The molecule has 3 rings (SSSR count). The quantitative estimate of drug-likeness (QED) is 0.191. The average Bonchev–Trinajstić information content (AvgIpc) is 2.84. The van der Waals surface area contributed by atoms with E-state index in [1.807, 2.05) is 26.8 Å². The SMILES string of the molecule is CC(C)(C)CC(=O)NCC1C=CC(Cl)C(C(=O)NC2C=CC=C(Nc3cncc(C(F)(F)F)c3)C2(C)C=N)C1. The number of nitrogens with one attached hydrogen (secondary N) is 4. The number of aromatic nitrogens is 1. The molecule has 212 valence electrons. The van der Waals surface area contributed by atoms with Gasteiger partial charge in [0.25, 0.3) is 0 Å². The standard InChI is InChI=1S/C28H35ClF3N5O2/c1-26(2,3)12-24(38)35-13-17-8-9-21(29)20(10-17)25(39)37-23-7-5-6-22(27(23,4)16-33)36-19-11-18(14-34-15-19)28(30,31)32/h5-9,11,14-17,20-21,23,33,36H,10,12-13H2,1-4H3,(H,35,38)(H,37,39). The molecule has 0 spiro atoms. The first-order valence-corrected chi connectivity index (χ1v) is 13.2. The highest BCUT2D eigenvalue weighted by molar-refractivity contribution is 6.23. The number of carbonyl (C=O) groups excluding carboxylic acids is 2. The summed E-state index contributed by atoms with van der Waals surface area (Å²) in [5.74, 6) is -1.00. The maximum Gasteiger partial charge on any atom is 0.417 e. The molecule has 1 aromatic heterocycles. The van der Waals surface area contributed by atoms with Crippen LogP contribution in [0.25, 0.3) is 0 Å². The monoisotopic (exact) mass is 565 g/mol. The van der Waals surface area contributed by atoms with Crippen molar-refractivity contribution in [3.8, 4) is 0 Å². The van der Waals surface area contributed by atoms with E-state index in [1.165, 1.54) is 6.20 Å². The van der Waals surface area contributed by atoms with E-state index < -0.39 is 34.5 Å². The van der Waals surface area contributed by atoms with Gasteiger partial charge in [-0.15, -0.1) is 11.6 Å². The zero-order valence-corrected chi connectivity index (χ0v) is 23.2. The summed E-state index contributed by atoms with van der Waals surface area (Å²) in [5, 5.41) is 16.4. The third-order valence-electron chi connectivity index (χ3n) is 6.83. The molecule has 2 aliphatic carbocycles. The van der Waals surface area contributed by atoms with Crippen LogP contribution in [0.3, 0.4) is 0 Å². The van der Waals surface area contributed by atoms with E-state index in [2.05, 4.69) is 20.9 Å². The number of halogens is 4. The van der Waals surface area contributed by atoms with Gasteiger partial charge in [-0.25, -0.2) is 0 Å². The van der Waals surface area contributed by atoms with Gasteiger partial charge in [-0.2, -0.15) is 13.2 Å². The van der Waals surface area contributed by atoms with E-state index in [9.17, 15) is 22.8 Å². The van der Waals surface area contributed by atoms with Crippen LogP contribution < -0.4 is 16.0 Å². The minimum absolute atomic E-state index is 0.0539. The normalized spacial score (nSPS) is 26.9. The summed E-state index contributed by atoms with van der Waals surface area (Å²) in [6.07, 6.45) is 8.14. The van der Waals surface area contributed by atoms with Gasteiger partial charge in [0, 0.05) is 31.1 Å². The molecule has 1 heterocycles. The van der Waals surface area contributed by atoms with Crippen molar-refractivity contribution in [3.63, 3.8) is 0 Å². The number of nitrogens with zero attached hydrogens (tertiary/aromatic N) is 1. The van der Waals surface area contributed by atoms with Crippen LogP contribution in [0.4, 0.5) is 18.9 Å². The lowest BCUT2D eigenvalue weighted by Crippen LogP contribution is -2.52. The van der Waals surface area contributed by atoms with Gasteiger partial charge in [-0.1, -0.05) is 45.1 Å². The van der Waals surface area contributed by atoms with Crippen molar-refractivity contribution in [1.82, 2.24) is 15.6 Å². The Labute approximate surface area is 231 Å². The molecular formula is C28H35ClF3N5O2. The van der Waals surface area contributed by atoms with Crippen LogP contribution in [0, 0.1) is 28.1 Å². The molecule has 11 heteroatoms. The fourth-order valence-electron chi connectivity index (χ4n) is 4.56. The Balaban J connectivity index is 1.68. The van der Waals surface area contributed by atoms with E-state index in [4.69, 9.17) is 17.0 Å². The third-order valence-corrected chi connectivity index (χ3v) is 7.28. The molecule has 2 amide bonds. The highest BCUT2D eigenvalue weighted by Gasteiger charge is 2.40. The number of hydrogen-bond donors (Lipinski definition) is 4. The summed E-state index contributed by atoms with van der Waals surface area (Å²) in [7, 11) is 0. The molecule has 0 saturated heterocycles. The van der Waals surface area contributed by atoms with Crippen LogP contribution in [0.1, 0.15) is 46.1 Å². The fraction of sp³-hybridized carbons (Fsp3) is 0.500. The molecule has 7 nitrogen and oxygen atoms in total. The second kappa shape index (κ2) is 11.9. The van der Waals surface area contributed by atoms with Gasteiger partial charge in [0.05, 0.1) is 40.2 Å². The largest absolute Gasteiger partial charge is 0.417 e. The molecule has 0 aliphatic heterocycles. The summed E-state index contributed by atoms with van der Waals surface area (Å²) in [6.45, 7) is 8.06. The molecule has 0 bridgehead atoms. The van der Waals surface area contributed by atoms with Crippen molar-refractivity contribution in [2.75, 3.05) is 11.9 Å². The first kappa shape index (κ1) is 30.4. The van der Waals surface area contributed by atoms with Crippen LogP contribution in [0.5, 0.6) is 0 Å². The molecular weight excluding hydrogens is 531 g/mol. The summed E-state index contributed by atoms with van der Waals surface area (Å²) in [4.78, 5) is 29.3. The van der Waals surface area contributed by atoms with E-state index in [-0.39, 0.29) is 28.8 Å². The highest BCUT2D eigenvalue weighted by Crippen LogP contribution is 2.36. The number of alkyl halides is 4. The number of carbonyl (C=O) groups is 2. The Hall–Kier alpha value is -3.14. The van der Waals surface area contributed by atoms with Gasteiger partial charge in [-0.3, -0.25) is 14.6 Å². The molecule has 5 unspecified atom stereocenters. The number of hydrogen-bond acceptors (Lipinski definition) is 5. The zero-order chi connectivity index (χ0) is 29.0. The van der Waals surface area contributed by atoms with Gasteiger partial charge in [0.2, 0.25) is 11.8 Å². The molecule has 1 aromatic rings. The highest BCUT2D eigenvalue weighted by atomic mass is 35.5. The predicted octanol–water partition coefficient (Wildman–Crippen LogP) is 5.46. The second-order valence-electron chi connectivity index (χ2n) is 11.4.